The van der Waals surface area contributed by atoms with E-state index >= 15 is 0 Å². The summed E-state index contributed by atoms with van der Waals surface area (Å²) in [6.07, 6.45) is 15.1. The van der Waals surface area contributed by atoms with Crippen molar-refractivity contribution in [2.45, 2.75) is 25.7 Å². The molecule has 0 spiro atoms. The highest BCUT2D eigenvalue weighted by Crippen LogP contribution is 2.52. The van der Waals surface area contributed by atoms with E-state index in [1.165, 1.54) is 0 Å². The van der Waals surface area contributed by atoms with Gasteiger partial charge in [-0.15, -0.1) is 0 Å². The van der Waals surface area contributed by atoms with Crippen LogP contribution in [0.1, 0.15) is 37.2 Å². The Morgan fingerprint density at radius 1 is 0.750 bits per heavy atom. The third-order valence-corrected chi connectivity index (χ3v) is 9.11. The van der Waals surface area contributed by atoms with Crippen LogP contribution >= 0.6 is 0 Å². The summed E-state index contributed by atoms with van der Waals surface area (Å²) in [4.78, 5) is 14.7. The summed E-state index contributed by atoms with van der Waals surface area (Å²) in [5.41, 5.74) is 7.75. The molecule has 4 aromatic carbocycles. The molecule has 48 heavy (non-hydrogen) atoms. The van der Waals surface area contributed by atoms with E-state index in [0.29, 0.717) is 23.0 Å². The van der Waals surface area contributed by atoms with Crippen LogP contribution in [0.3, 0.4) is 0 Å². The summed E-state index contributed by atoms with van der Waals surface area (Å²) in [7, 11) is 0. The lowest BCUT2D eigenvalue weighted by molar-refractivity contribution is 0.415. The fraction of sp³-hybridized carbons (Fsp3) is 0.0930. The lowest BCUT2D eigenvalue weighted by atomic mass is 9.75. The maximum absolute atomic E-state index is 6.72. The molecule has 0 atom stereocenters. The van der Waals surface area contributed by atoms with Crippen LogP contribution in [0.2, 0.25) is 0 Å². The van der Waals surface area contributed by atoms with Gasteiger partial charge in [0.2, 0.25) is 0 Å². The van der Waals surface area contributed by atoms with Crippen molar-refractivity contribution in [3.63, 3.8) is 0 Å². The zero-order valence-corrected chi connectivity index (χ0v) is 26.9. The van der Waals surface area contributed by atoms with Gasteiger partial charge in [0.05, 0.1) is 0 Å². The van der Waals surface area contributed by atoms with Crippen LogP contribution in [0.4, 0.5) is 0 Å². The van der Waals surface area contributed by atoms with Gasteiger partial charge in [-0.25, -0.2) is 15.0 Å². The minimum Gasteiger partial charge on any atom is -0.453 e. The predicted octanol–water partition coefficient (Wildman–Crippen LogP) is 11.1. The first-order valence-electron chi connectivity index (χ1n) is 16.1. The van der Waals surface area contributed by atoms with Gasteiger partial charge >= 0.3 is 0 Å². The number of hydrogen-bond donors (Lipinski definition) is 0. The van der Waals surface area contributed by atoms with Crippen molar-refractivity contribution in [1.29, 1.82) is 0 Å². The number of para-hydroxylation sites is 1. The lowest BCUT2D eigenvalue weighted by Crippen LogP contribution is -2.24. The van der Waals surface area contributed by atoms with E-state index in [2.05, 4.69) is 75.6 Å². The first-order chi connectivity index (χ1) is 23.4. The number of hydrogen-bond acceptors (Lipinski definition) is 5. The molecule has 3 heterocycles. The summed E-state index contributed by atoms with van der Waals surface area (Å²) < 4.78 is 13.1. The molecule has 5 heteroatoms. The average Bonchev–Trinajstić information content (AvgIpc) is 3.28. The molecule has 232 valence electrons. The van der Waals surface area contributed by atoms with Gasteiger partial charge in [0.15, 0.2) is 28.8 Å². The second-order valence-electron chi connectivity index (χ2n) is 12.6. The Bertz CT molecular complexity index is 2400. The van der Waals surface area contributed by atoms with Crippen LogP contribution in [0, 0.1) is 0 Å². The molecule has 8 rings (SSSR count). The van der Waals surface area contributed by atoms with Crippen LogP contribution in [0.15, 0.2) is 156 Å². The second kappa shape index (κ2) is 11.6. The zero-order chi connectivity index (χ0) is 32.8. The SMILES string of the molecule is C=C(/C=C\C(=C)c1nc(-c2ccccc2)nc(-c2ccc3c(c2)Oc2c(ccc4c2oc2ccccc24)C3(C)C)n1)C1=CCC=CC=C1. The molecule has 2 aliphatic rings. The van der Waals surface area contributed by atoms with Gasteiger partial charge in [0.1, 0.15) is 11.3 Å². The number of allylic oxidation sites excluding steroid dienone is 10. The molecule has 1 aliphatic heterocycles. The molecule has 0 fully saturated rings. The third-order valence-electron chi connectivity index (χ3n) is 9.11. The second-order valence-corrected chi connectivity index (χ2v) is 12.6. The quantitative estimate of drug-likeness (QED) is 0.173. The van der Waals surface area contributed by atoms with Gasteiger partial charge in [-0.05, 0) is 35.8 Å². The maximum atomic E-state index is 6.72. The highest BCUT2D eigenvalue weighted by Gasteiger charge is 2.36. The van der Waals surface area contributed by atoms with E-state index in [1.54, 1.807) is 0 Å². The molecule has 1 aliphatic carbocycles. The first kappa shape index (κ1) is 29.3. The monoisotopic (exact) mass is 623 g/mol. The Kier molecular flexibility index (Phi) is 7.10. The normalized spacial score (nSPS) is 14.8. The van der Waals surface area contributed by atoms with Crippen LogP contribution < -0.4 is 4.74 Å². The van der Waals surface area contributed by atoms with Crippen molar-refractivity contribution in [3.05, 3.63) is 169 Å². The van der Waals surface area contributed by atoms with E-state index in [1.807, 2.05) is 78.9 Å². The Balaban J connectivity index is 1.20. The Morgan fingerprint density at radius 3 is 2.35 bits per heavy atom. The number of nitrogens with zero attached hydrogens (tertiary/aromatic N) is 3. The fourth-order valence-electron chi connectivity index (χ4n) is 6.43. The third kappa shape index (κ3) is 5.10. The van der Waals surface area contributed by atoms with Gasteiger partial charge in [0.25, 0.3) is 0 Å². The van der Waals surface area contributed by atoms with Crippen molar-refractivity contribution in [2.24, 2.45) is 0 Å². The molecule has 0 bridgehead atoms. The number of aromatic nitrogens is 3. The zero-order valence-electron chi connectivity index (χ0n) is 26.9. The van der Waals surface area contributed by atoms with Crippen molar-refractivity contribution < 1.29 is 9.15 Å². The van der Waals surface area contributed by atoms with Gasteiger partial charge in [0, 0.05) is 44.0 Å². The van der Waals surface area contributed by atoms with E-state index < -0.39 is 0 Å². The van der Waals surface area contributed by atoms with Gasteiger partial charge < -0.3 is 9.15 Å². The summed E-state index contributed by atoms with van der Waals surface area (Å²) in [6, 6.07) is 28.5. The van der Waals surface area contributed by atoms with Gasteiger partial charge in [-0.2, -0.15) is 0 Å². The van der Waals surface area contributed by atoms with Crippen LogP contribution in [0.5, 0.6) is 11.5 Å². The Labute approximate surface area is 279 Å². The number of fused-ring (bicyclic) bond motifs is 6. The van der Waals surface area contributed by atoms with Crippen molar-refractivity contribution in [1.82, 2.24) is 15.0 Å². The van der Waals surface area contributed by atoms with Crippen LogP contribution in [0.25, 0.3) is 50.3 Å². The standard InChI is InChI=1S/C43H33N3O2/c1-27(29-14-8-5-6-9-15-29)20-21-28(2)40-44-41(30-16-10-7-11-17-30)46-42(45-40)31-22-24-34-37(26-31)48-39-35(43(34,3)4)25-23-33-32-18-12-13-19-36(32)47-38(33)39/h5-8,10-26H,1-2,9H2,3-4H3/b21-20-. The van der Waals surface area contributed by atoms with Crippen molar-refractivity contribution >= 4 is 27.5 Å². The molecule has 0 saturated carbocycles. The molecule has 6 aromatic rings. The Hall–Kier alpha value is -6.07. The summed E-state index contributed by atoms with van der Waals surface area (Å²) in [5, 5.41) is 2.10. The largest absolute Gasteiger partial charge is 0.453 e. The number of ether oxygens (including phenoxy) is 1. The highest BCUT2D eigenvalue weighted by atomic mass is 16.5. The fourth-order valence-corrected chi connectivity index (χ4v) is 6.43. The van der Waals surface area contributed by atoms with E-state index in [-0.39, 0.29) is 5.41 Å². The van der Waals surface area contributed by atoms with Gasteiger partial charge in [-0.3, -0.25) is 0 Å². The lowest BCUT2D eigenvalue weighted by Gasteiger charge is -2.34. The van der Waals surface area contributed by atoms with Crippen LogP contribution in [-0.2, 0) is 5.41 Å². The number of rotatable bonds is 6. The molecule has 2 aromatic heterocycles. The summed E-state index contributed by atoms with van der Waals surface area (Å²) in [6.45, 7) is 13.0. The molecule has 5 nitrogen and oxygen atoms in total. The summed E-state index contributed by atoms with van der Waals surface area (Å²) >= 11 is 0. The van der Waals surface area contributed by atoms with Gasteiger partial charge in [-0.1, -0.05) is 136 Å². The topological polar surface area (TPSA) is 61.0 Å². The van der Waals surface area contributed by atoms with Crippen molar-refractivity contribution in [3.8, 4) is 34.3 Å². The Morgan fingerprint density at radius 2 is 1.50 bits per heavy atom. The maximum Gasteiger partial charge on any atom is 0.178 e. The first-order valence-corrected chi connectivity index (χ1v) is 16.1. The molecule has 0 unspecified atom stereocenters. The molecule has 0 radical (unpaired) electrons. The van der Waals surface area contributed by atoms with Crippen LogP contribution in [-0.4, -0.2) is 15.0 Å². The smallest absolute Gasteiger partial charge is 0.178 e. The van der Waals surface area contributed by atoms with E-state index in [0.717, 1.165) is 73.3 Å². The van der Waals surface area contributed by atoms with E-state index in [9.17, 15) is 0 Å². The highest BCUT2D eigenvalue weighted by molar-refractivity contribution is 6.07. The molecular weight excluding hydrogens is 590 g/mol. The predicted molar refractivity (Wildman–Crippen MR) is 195 cm³/mol. The number of benzene rings is 4. The molecule has 0 saturated heterocycles. The molecular formula is C43H33N3O2. The van der Waals surface area contributed by atoms with Crippen molar-refractivity contribution in [2.75, 3.05) is 0 Å². The number of furan rings is 1. The minimum atomic E-state index is -0.326. The minimum absolute atomic E-state index is 0.326. The average molecular weight is 624 g/mol. The molecule has 0 N–H and O–H groups in total. The van der Waals surface area contributed by atoms with E-state index in [4.69, 9.17) is 24.1 Å². The molecule has 0 amide bonds. The summed E-state index contributed by atoms with van der Waals surface area (Å²) in [5.74, 6) is 3.08.